The van der Waals surface area contributed by atoms with E-state index in [4.69, 9.17) is 5.73 Å². The maximum atomic E-state index is 13.2. The molecule has 0 saturated heterocycles. The number of thiocarbonyl (C=S) groups is 1. The molecule has 0 radical (unpaired) electrons. The SMILES string of the molecule is NC(=S)CCNC(=O)c1ccc(F)c(F)c1F. The van der Waals surface area contributed by atoms with Gasteiger partial charge in [0.25, 0.3) is 5.91 Å². The molecule has 0 bridgehead atoms. The summed E-state index contributed by atoms with van der Waals surface area (Å²) in [5, 5.41) is 2.28. The van der Waals surface area contributed by atoms with Gasteiger partial charge in [-0.3, -0.25) is 4.79 Å². The Labute approximate surface area is 101 Å². The van der Waals surface area contributed by atoms with Crippen molar-refractivity contribution < 1.29 is 18.0 Å². The van der Waals surface area contributed by atoms with Crippen molar-refractivity contribution in [3.8, 4) is 0 Å². The van der Waals surface area contributed by atoms with Crippen molar-refractivity contribution in [1.29, 1.82) is 0 Å². The standard InChI is InChI=1S/C10H9F3N2OS/c11-6-2-1-5(8(12)9(6)13)10(16)15-4-3-7(14)17/h1-2H,3-4H2,(H2,14,17)(H,15,16). The number of nitrogens with one attached hydrogen (secondary N) is 1. The molecule has 0 aliphatic heterocycles. The highest BCUT2D eigenvalue weighted by atomic mass is 32.1. The topological polar surface area (TPSA) is 55.1 Å². The number of nitrogens with two attached hydrogens (primary N) is 1. The first-order chi connectivity index (χ1) is 7.93. The van der Waals surface area contributed by atoms with Gasteiger partial charge in [0.15, 0.2) is 17.5 Å². The van der Waals surface area contributed by atoms with Crippen molar-refractivity contribution >= 4 is 23.1 Å². The molecule has 1 aromatic carbocycles. The van der Waals surface area contributed by atoms with Crippen LogP contribution in [0.1, 0.15) is 16.8 Å². The van der Waals surface area contributed by atoms with Gasteiger partial charge in [0.2, 0.25) is 0 Å². The predicted molar refractivity (Wildman–Crippen MR) is 60.1 cm³/mol. The fraction of sp³-hybridized carbons (Fsp3) is 0.200. The highest BCUT2D eigenvalue weighted by Gasteiger charge is 2.18. The lowest BCUT2D eigenvalue weighted by Crippen LogP contribution is -2.28. The Morgan fingerprint density at radius 2 is 1.94 bits per heavy atom. The number of halogens is 3. The summed E-state index contributed by atoms with van der Waals surface area (Å²) in [6.07, 6.45) is 0.242. The number of carbonyl (C=O) groups is 1. The van der Waals surface area contributed by atoms with Gasteiger partial charge in [-0.15, -0.1) is 0 Å². The van der Waals surface area contributed by atoms with Crippen LogP contribution >= 0.6 is 12.2 Å². The van der Waals surface area contributed by atoms with Crippen LogP contribution in [-0.4, -0.2) is 17.4 Å². The number of benzene rings is 1. The number of carbonyl (C=O) groups excluding carboxylic acids is 1. The lowest BCUT2D eigenvalue weighted by atomic mass is 10.2. The molecule has 92 valence electrons. The van der Waals surface area contributed by atoms with E-state index in [9.17, 15) is 18.0 Å². The molecule has 3 nitrogen and oxygen atoms in total. The van der Waals surface area contributed by atoms with Crippen LogP contribution in [0.5, 0.6) is 0 Å². The Balaban J connectivity index is 2.76. The van der Waals surface area contributed by atoms with Gasteiger partial charge in [0.1, 0.15) is 0 Å². The van der Waals surface area contributed by atoms with Crippen LogP contribution < -0.4 is 11.1 Å². The quantitative estimate of drug-likeness (QED) is 0.639. The zero-order chi connectivity index (χ0) is 13.0. The Morgan fingerprint density at radius 3 is 2.53 bits per heavy atom. The van der Waals surface area contributed by atoms with E-state index in [1.165, 1.54) is 0 Å². The van der Waals surface area contributed by atoms with Gasteiger partial charge in [-0.1, -0.05) is 12.2 Å². The summed E-state index contributed by atoms with van der Waals surface area (Å²) in [5.41, 5.74) is 4.62. The summed E-state index contributed by atoms with van der Waals surface area (Å²) in [4.78, 5) is 11.6. The highest BCUT2D eigenvalue weighted by molar-refractivity contribution is 7.80. The van der Waals surface area contributed by atoms with Crippen LogP contribution in [0.4, 0.5) is 13.2 Å². The number of hydrogen-bond acceptors (Lipinski definition) is 2. The van der Waals surface area contributed by atoms with E-state index >= 15 is 0 Å². The molecule has 0 aliphatic carbocycles. The van der Waals surface area contributed by atoms with Crippen LogP contribution in [0.3, 0.4) is 0 Å². The van der Waals surface area contributed by atoms with E-state index < -0.39 is 28.9 Å². The molecule has 3 N–H and O–H groups in total. The Morgan fingerprint density at radius 1 is 1.29 bits per heavy atom. The van der Waals surface area contributed by atoms with E-state index in [0.29, 0.717) is 6.07 Å². The molecule has 0 spiro atoms. The smallest absolute Gasteiger partial charge is 0.254 e. The van der Waals surface area contributed by atoms with Crippen molar-refractivity contribution in [2.45, 2.75) is 6.42 Å². The third kappa shape index (κ3) is 3.42. The van der Waals surface area contributed by atoms with E-state index in [1.54, 1.807) is 0 Å². The average Bonchev–Trinajstić information content (AvgIpc) is 2.25. The van der Waals surface area contributed by atoms with Gasteiger partial charge in [-0.05, 0) is 12.1 Å². The second kappa shape index (κ2) is 5.62. The molecular weight excluding hydrogens is 253 g/mol. The van der Waals surface area contributed by atoms with Gasteiger partial charge >= 0.3 is 0 Å². The van der Waals surface area contributed by atoms with Gasteiger partial charge in [0, 0.05) is 13.0 Å². The van der Waals surface area contributed by atoms with Gasteiger partial charge < -0.3 is 11.1 Å². The van der Waals surface area contributed by atoms with Crippen LogP contribution in [0.15, 0.2) is 12.1 Å². The molecule has 0 unspecified atom stereocenters. The van der Waals surface area contributed by atoms with Crippen LogP contribution in [-0.2, 0) is 0 Å². The lowest BCUT2D eigenvalue weighted by molar-refractivity contribution is 0.0949. The first-order valence-corrected chi connectivity index (χ1v) is 5.04. The average molecular weight is 262 g/mol. The molecule has 1 rings (SSSR count). The van der Waals surface area contributed by atoms with Gasteiger partial charge in [0.05, 0.1) is 10.6 Å². The largest absolute Gasteiger partial charge is 0.393 e. The molecule has 0 heterocycles. The minimum atomic E-state index is -1.67. The van der Waals surface area contributed by atoms with E-state index in [0.717, 1.165) is 6.07 Å². The van der Waals surface area contributed by atoms with Gasteiger partial charge in [-0.2, -0.15) is 0 Å². The molecule has 0 atom stereocenters. The monoisotopic (exact) mass is 262 g/mol. The van der Waals surface area contributed by atoms with Gasteiger partial charge in [-0.25, -0.2) is 13.2 Å². The highest BCUT2D eigenvalue weighted by Crippen LogP contribution is 2.14. The molecular formula is C10H9F3N2OS. The summed E-state index contributed by atoms with van der Waals surface area (Å²) in [7, 11) is 0. The summed E-state index contributed by atoms with van der Waals surface area (Å²) in [5.74, 6) is -5.38. The number of hydrogen-bond donors (Lipinski definition) is 2. The predicted octanol–water partition coefficient (Wildman–Crippen LogP) is 1.51. The molecule has 0 aliphatic rings. The Kier molecular flexibility index (Phi) is 4.45. The maximum Gasteiger partial charge on any atom is 0.254 e. The minimum absolute atomic E-state index is 0.104. The van der Waals surface area contributed by atoms with E-state index in [-0.39, 0.29) is 18.0 Å². The molecule has 1 aromatic rings. The first kappa shape index (κ1) is 13.4. The minimum Gasteiger partial charge on any atom is -0.393 e. The molecule has 0 aromatic heterocycles. The van der Waals surface area contributed by atoms with Crippen LogP contribution in [0.25, 0.3) is 0 Å². The third-order valence-electron chi connectivity index (χ3n) is 1.94. The molecule has 0 saturated carbocycles. The van der Waals surface area contributed by atoms with Crippen molar-refractivity contribution in [2.75, 3.05) is 6.54 Å². The Bertz CT molecular complexity index is 465. The fourth-order valence-corrected chi connectivity index (χ4v) is 1.20. The number of rotatable bonds is 4. The summed E-state index contributed by atoms with van der Waals surface area (Å²) in [6.45, 7) is 0.104. The molecule has 0 fully saturated rings. The zero-order valence-corrected chi connectivity index (χ0v) is 9.41. The molecule has 17 heavy (non-hydrogen) atoms. The Hall–Kier alpha value is -1.63. The van der Waals surface area contributed by atoms with Crippen molar-refractivity contribution in [1.82, 2.24) is 5.32 Å². The van der Waals surface area contributed by atoms with Crippen molar-refractivity contribution in [3.05, 3.63) is 35.1 Å². The van der Waals surface area contributed by atoms with E-state index in [1.807, 2.05) is 0 Å². The van der Waals surface area contributed by atoms with Crippen molar-refractivity contribution in [3.63, 3.8) is 0 Å². The zero-order valence-electron chi connectivity index (χ0n) is 8.60. The first-order valence-electron chi connectivity index (χ1n) is 4.63. The number of amides is 1. The van der Waals surface area contributed by atoms with Crippen LogP contribution in [0.2, 0.25) is 0 Å². The summed E-state index contributed by atoms with van der Waals surface area (Å²) < 4.78 is 38.6. The van der Waals surface area contributed by atoms with Crippen molar-refractivity contribution in [2.24, 2.45) is 5.73 Å². The third-order valence-corrected chi connectivity index (χ3v) is 2.14. The molecule has 1 amide bonds. The molecule has 7 heteroatoms. The second-order valence-electron chi connectivity index (χ2n) is 3.20. The second-order valence-corrected chi connectivity index (χ2v) is 3.72. The summed E-state index contributed by atoms with van der Waals surface area (Å²) >= 11 is 4.57. The normalized spacial score (nSPS) is 10.1. The lowest BCUT2D eigenvalue weighted by Gasteiger charge is -2.06. The fourth-order valence-electron chi connectivity index (χ4n) is 1.10. The maximum absolute atomic E-state index is 13.2. The van der Waals surface area contributed by atoms with E-state index in [2.05, 4.69) is 17.5 Å². The van der Waals surface area contributed by atoms with Crippen LogP contribution in [0, 0.1) is 17.5 Å². The summed E-state index contributed by atoms with van der Waals surface area (Å²) in [6, 6.07) is 1.55.